The van der Waals surface area contributed by atoms with Gasteiger partial charge in [0.15, 0.2) is 0 Å². The number of ether oxygens (including phenoxy) is 3. The SMILES string of the molecule is COC(=O)c1ccnc2c(OC)cccc12.COc1cccc2c(CO)ccnc12.[B].[H-].[Na+]. The number of pyridine rings is 2. The summed E-state index contributed by atoms with van der Waals surface area (Å²) in [6.45, 7) is 0.0200. The van der Waals surface area contributed by atoms with Gasteiger partial charge in [-0.05, 0) is 29.8 Å². The van der Waals surface area contributed by atoms with Crippen LogP contribution in [0.25, 0.3) is 21.8 Å². The molecular formula is C23H23BN2NaO5. The van der Waals surface area contributed by atoms with Crippen molar-refractivity contribution in [1.29, 1.82) is 0 Å². The molecule has 0 aliphatic carbocycles. The number of esters is 1. The number of hydrogen-bond acceptors (Lipinski definition) is 7. The Morgan fingerprint density at radius 1 is 0.875 bits per heavy atom. The minimum Gasteiger partial charge on any atom is -1.00 e. The largest absolute Gasteiger partial charge is 1.00 e. The summed E-state index contributed by atoms with van der Waals surface area (Å²) in [5, 5.41) is 10.8. The van der Waals surface area contributed by atoms with Gasteiger partial charge < -0.3 is 20.7 Å². The summed E-state index contributed by atoms with van der Waals surface area (Å²) in [6.07, 6.45) is 3.24. The molecule has 0 unspecified atom stereocenters. The van der Waals surface area contributed by atoms with Crippen molar-refractivity contribution in [2.45, 2.75) is 6.61 Å². The van der Waals surface area contributed by atoms with Crippen LogP contribution < -0.4 is 39.0 Å². The minimum atomic E-state index is -0.374. The van der Waals surface area contributed by atoms with E-state index in [4.69, 9.17) is 19.3 Å². The van der Waals surface area contributed by atoms with Gasteiger partial charge in [0.05, 0.1) is 33.5 Å². The number of para-hydroxylation sites is 2. The van der Waals surface area contributed by atoms with Crippen molar-refractivity contribution in [3.63, 3.8) is 0 Å². The van der Waals surface area contributed by atoms with Gasteiger partial charge in [0.25, 0.3) is 0 Å². The molecule has 0 aliphatic heterocycles. The first-order valence-electron chi connectivity index (χ1n) is 9.16. The topological polar surface area (TPSA) is 90.8 Å². The Bertz CT molecular complexity index is 1150. The number of aliphatic hydroxyl groups excluding tert-OH is 1. The third kappa shape index (κ3) is 5.78. The molecule has 159 valence electrons. The maximum atomic E-state index is 11.5. The van der Waals surface area contributed by atoms with Crippen molar-refractivity contribution in [2.75, 3.05) is 21.3 Å². The van der Waals surface area contributed by atoms with Gasteiger partial charge in [-0.3, -0.25) is 9.97 Å². The van der Waals surface area contributed by atoms with Crippen molar-refractivity contribution < 1.29 is 55.1 Å². The Morgan fingerprint density at radius 2 is 1.41 bits per heavy atom. The molecule has 0 spiro atoms. The molecule has 32 heavy (non-hydrogen) atoms. The van der Waals surface area contributed by atoms with Gasteiger partial charge >= 0.3 is 35.5 Å². The van der Waals surface area contributed by atoms with Crippen LogP contribution in [-0.2, 0) is 11.3 Å². The number of methoxy groups -OCH3 is 3. The summed E-state index contributed by atoms with van der Waals surface area (Å²) in [7, 11) is 4.54. The van der Waals surface area contributed by atoms with Crippen molar-refractivity contribution in [2.24, 2.45) is 0 Å². The second kappa shape index (κ2) is 13.0. The molecule has 4 aromatic rings. The van der Waals surface area contributed by atoms with E-state index in [1.807, 2.05) is 36.4 Å². The fourth-order valence-electron chi connectivity index (χ4n) is 3.11. The van der Waals surface area contributed by atoms with Gasteiger partial charge in [-0.1, -0.05) is 24.3 Å². The summed E-state index contributed by atoms with van der Waals surface area (Å²) in [6, 6.07) is 14.5. The first-order chi connectivity index (χ1) is 14.6. The van der Waals surface area contributed by atoms with Gasteiger partial charge in [0.2, 0.25) is 0 Å². The Labute approximate surface area is 212 Å². The van der Waals surface area contributed by atoms with Crippen LogP contribution in [-0.4, -0.2) is 50.8 Å². The van der Waals surface area contributed by atoms with Crippen molar-refractivity contribution in [1.82, 2.24) is 9.97 Å². The number of hydrogen-bond donors (Lipinski definition) is 1. The van der Waals surface area contributed by atoms with E-state index in [1.165, 1.54) is 7.11 Å². The number of aliphatic hydroxyl groups is 1. The number of carbonyl (C=O) groups is 1. The van der Waals surface area contributed by atoms with Crippen LogP contribution in [0.5, 0.6) is 11.5 Å². The maximum Gasteiger partial charge on any atom is 1.00 e. The van der Waals surface area contributed by atoms with Crippen LogP contribution in [0.15, 0.2) is 60.9 Å². The summed E-state index contributed by atoms with van der Waals surface area (Å²) in [5.74, 6) is 1.00. The molecule has 0 saturated carbocycles. The van der Waals surface area contributed by atoms with Crippen LogP contribution in [0, 0.1) is 0 Å². The Hall–Kier alpha value is -2.65. The Morgan fingerprint density at radius 3 is 1.94 bits per heavy atom. The zero-order valence-corrected chi connectivity index (χ0v) is 20.5. The fraction of sp³-hybridized carbons (Fsp3) is 0.174. The standard InChI is InChI=1S/C12H11NO3.C11H11NO2.B.Na.H/c1-15-10-5-3-4-8-9(12(14)16-2)6-7-13-11(8)10;1-14-10-4-2-3-9-8(7-13)5-6-12-11(9)10;;;/h3-7H,1-2H3;2-6,13H,7H2,1H3;;;/q;;;+1;-1. The average molecular weight is 441 g/mol. The predicted octanol–water partition coefficient (Wildman–Crippen LogP) is 0.501. The molecule has 2 heterocycles. The maximum absolute atomic E-state index is 11.5. The number of rotatable bonds is 4. The smallest absolute Gasteiger partial charge is 1.00 e. The zero-order chi connectivity index (χ0) is 21.5. The molecule has 0 atom stereocenters. The summed E-state index contributed by atoms with van der Waals surface area (Å²) >= 11 is 0. The van der Waals surface area contributed by atoms with E-state index in [1.54, 1.807) is 38.7 Å². The number of aromatic nitrogens is 2. The molecule has 4 rings (SSSR count). The fourth-order valence-corrected chi connectivity index (χ4v) is 3.11. The predicted molar refractivity (Wildman–Crippen MR) is 121 cm³/mol. The monoisotopic (exact) mass is 441 g/mol. The van der Waals surface area contributed by atoms with Gasteiger partial charge in [-0.2, -0.15) is 0 Å². The van der Waals surface area contributed by atoms with E-state index in [0.717, 1.165) is 27.6 Å². The van der Waals surface area contributed by atoms with Gasteiger partial charge in [0, 0.05) is 31.6 Å². The molecule has 1 N–H and O–H groups in total. The molecule has 7 nitrogen and oxygen atoms in total. The average Bonchev–Trinajstić information content (AvgIpc) is 2.82. The van der Waals surface area contributed by atoms with Gasteiger partial charge in [-0.15, -0.1) is 0 Å². The van der Waals surface area contributed by atoms with Crippen LogP contribution in [0.1, 0.15) is 17.3 Å². The second-order valence-corrected chi connectivity index (χ2v) is 6.19. The molecule has 0 fully saturated rings. The molecular weight excluding hydrogens is 418 g/mol. The van der Waals surface area contributed by atoms with Crippen LogP contribution >= 0.6 is 0 Å². The van der Waals surface area contributed by atoms with Crippen LogP contribution in [0.2, 0.25) is 0 Å². The molecule has 0 bridgehead atoms. The first-order valence-corrected chi connectivity index (χ1v) is 9.16. The normalized spacial score (nSPS) is 9.62. The molecule has 2 aromatic carbocycles. The van der Waals surface area contributed by atoms with E-state index in [2.05, 4.69) is 9.97 Å². The number of benzene rings is 2. The summed E-state index contributed by atoms with van der Waals surface area (Å²) < 4.78 is 15.1. The van der Waals surface area contributed by atoms with E-state index >= 15 is 0 Å². The van der Waals surface area contributed by atoms with Crippen LogP contribution in [0.4, 0.5) is 0 Å². The molecule has 0 amide bonds. The molecule has 0 aliphatic rings. The molecule has 2 aromatic heterocycles. The Balaban J connectivity index is 0.000000573. The number of nitrogens with zero attached hydrogens (tertiary/aromatic N) is 2. The molecule has 0 saturated heterocycles. The molecule has 9 heteroatoms. The molecule has 3 radical (unpaired) electrons. The number of fused-ring (bicyclic) bond motifs is 2. The van der Waals surface area contributed by atoms with E-state index in [-0.39, 0.29) is 52.0 Å². The first kappa shape index (κ1) is 27.4. The van der Waals surface area contributed by atoms with Crippen LogP contribution in [0.3, 0.4) is 0 Å². The summed E-state index contributed by atoms with van der Waals surface area (Å²) in [4.78, 5) is 20.0. The minimum absolute atomic E-state index is 0. The third-order valence-corrected chi connectivity index (χ3v) is 4.57. The van der Waals surface area contributed by atoms with Gasteiger partial charge in [-0.25, -0.2) is 4.79 Å². The quantitative estimate of drug-likeness (QED) is 0.365. The zero-order valence-electron chi connectivity index (χ0n) is 19.5. The van der Waals surface area contributed by atoms with E-state index in [0.29, 0.717) is 16.8 Å². The second-order valence-electron chi connectivity index (χ2n) is 6.19. The van der Waals surface area contributed by atoms with Crippen molar-refractivity contribution in [3.8, 4) is 11.5 Å². The Kier molecular flexibility index (Phi) is 11.2. The third-order valence-electron chi connectivity index (χ3n) is 4.57. The van der Waals surface area contributed by atoms with E-state index in [9.17, 15) is 4.79 Å². The van der Waals surface area contributed by atoms with Crippen molar-refractivity contribution in [3.05, 3.63) is 72.1 Å². The summed E-state index contributed by atoms with van der Waals surface area (Å²) in [5.41, 5.74) is 2.81. The van der Waals surface area contributed by atoms with Gasteiger partial charge in [0.1, 0.15) is 22.5 Å². The van der Waals surface area contributed by atoms with Crippen molar-refractivity contribution >= 4 is 36.2 Å². The number of carbonyl (C=O) groups excluding carboxylic acids is 1. The van der Waals surface area contributed by atoms with E-state index < -0.39 is 0 Å².